The molecule has 1 aromatic rings. The lowest BCUT2D eigenvalue weighted by molar-refractivity contribution is -0.135. The Morgan fingerprint density at radius 2 is 1.70 bits per heavy atom. The lowest BCUT2D eigenvalue weighted by atomic mass is 9.77. The Morgan fingerprint density at radius 3 is 2.33 bits per heavy atom. The highest BCUT2D eigenvalue weighted by molar-refractivity contribution is 5.85. The SMILES string of the molecule is Cl.NCCCOC1CCN(C(=O)CC2CCC(c3ccccc3)CC2)CC1. The van der Waals surface area contributed by atoms with Crippen LogP contribution < -0.4 is 5.73 Å². The zero-order valence-electron chi connectivity index (χ0n) is 16.4. The van der Waals surface area contributed by atoms with Gasteiger partial charge in [-0.05, 0) is 68.9 Å². The molecular weight excluding hydrogens is 360 g/mol. The molecule has 2 aliphatic rings. The summed E-state index contributed by atoms with van der Waals surface area (Å²) in [7, 11) is 0. The van der Waals surface area contributed by atoms with E-state index in [1.54, 1.807) is 0 Å². The van der Waals surface area contributed by atoms with Crippen molar-refractivity contribution in [2.75, 3.05) is 26.2 Å². The zero-order valence-corrected chi connectivity index (χ0v) is 17.2. The maximum absolute atomic E-state index is 12.7. The first-order valence-corrected chi connectivity index (χ1v) is 10.4. The highest BCUT2D eigenvalue weighted by Gasteiger charge is 2.28. The van der Waals surface area contributed by atoms with Crippen LogP contribution in [0.5, 0.6) is 0 Å². The first-order valence-electron chi connectivity index (χ1n) is 10.4. The number of benzene rings is 1. The average molecular weight is 395 g/mol. The molecule has 1 amide bonds. The third kappa shape index (κ3) is 6.78. The lowest BCUT2D eigenvalue weighted by Gasteiger charge is -2.34. The minimum atomic E-state index is 0. The van der Waals surface area contributed by atoms with Gasteiger partial charge >= 0.3 is 0 Å². The summed E-state index contributed by atoms with van der Waals surface area (Å²) in [6, 6.07) is 10.8. The third-order valence-corrected chi connectivity index (χ3v) is 6.08. The molecule has 1 saturated heterocycles. The molecule has 2 fully saturated rings. The maximum atomic E-state index is 12.7. The van der Waals surface area contributed by atoms with Crippen LogP contribution >= 0.6 is 12.4 Å². The second-order valence-corrected chi connectivity index (χ2v) is 7.93. The van der Waals surface area contributed by atoms with Gasteiger partial charge in [-0.2, -0.15) is 0 Å². The summed E-state index contributed by atoms with van der Waals surface area (Å²) in [5.41, 5.74) is 6.97. The number of carbonyl (C=O) groups is 1. The Balaban J connectivity index is 0.00000261. The van der Waals surface area contributed by atoms with Crippen LogP contribution in [0.15, 0.2) is 30.3 Å². The van der Waals surface area contributed by atoms with Crippen molar-refractivity contribution in [2.45, 2.75) is 63.4 Å². The number of halogens is 1. The lowest BCUT2D eigenvalue weighted by Crippen LogP contribution is -2.41. The second-order valence-electron chi connectivity index (χ2n) is 7.93. The number of nitrogens with two attached hydrogens (primary N) is 1. The molecule has 1 saturated carbocycles. The molecule has 0 unspecified atom stereocenters. The summed E-state index contributed by atoms with van der Waals surface area (Å²) < 4.78 is 5.84. The van der Waals surface area contributed by atoms with E-state index in [4.69, 9.17) is 10.5 Å². The average Bonchev–Trinajstić information content (AvgIpc) is 2.70. The van der Waals surface area contributed by atoms with Crippen molar-refractivity contribution in [2.24, 2.45) is 11.7 Å². The van der Waals surface area contributed by atoms with E-state index in [-0.39, 0.29) is 12.4 Å². The number of ether oxygens (including phenoxy) is 1. The molecule has 1 aliphatic heterocycles. The van der Waals surface area contributed by atoms with Crippen molar-refractivity contribution in [3.63, 3.8) is 0 Å². The fourth-order valence-electron chi connectivity index (χ4n) is 4.41. The quantitative estimate of drug-likeness (QED) is 0.707. The number of rotatable bonds is 7. The van der Waals surface area contributed by atoms with E-state index in [0.717, 1.165) is 45.4 Å². The predicted molar refractivity (Wildman–Crippen MR) is 112 cm³/mol. The second kappa shape index (κ2) is 11.7. The first-order chi connectivity index (χ1) is 12.8. The van der Waals surface area contributed by atoms with E-state index in [1.807, 2.05) is 0 Å². The van der Waals surface area contributed by atoms with E-state index in [9.17, 15) is 4.79 Å². The largest absolute Gasteiger partial charge is 0.378 e. The van der Waals surface area contributed by atoms with Gasteiger partial charge in [-0.25, -0.2) is 0 Å². The minimum absolute atomic E-state index is 0. The van der Waals surface area contributed by atoms with Crippen LogP contribution in [0.25, 0.3) is 0 Å². The molecule has 3 rings (SSSR count). The first kappa shape index (κ1) is 22.2. The van der Waals surface area contributed by atoms with Crippen LogP contribution in [-0.2, 0) is 9.53 Å². The van der Waals surface area contributed by atoms with Crippen molar-refractivity contribution in [3.05, 3.63) is 35.9 Å². The van der Waals surface area contributed by atoms with Gasteiger partial charge in [0.05, 0.1) is 6.10 Å². The normalized spacial score (nSPS) is 23.7. The van der Waals surface area contributed by atoms with Crippen LogP contribution in [-0.4, -0.2) is 43.2 Å². The van der Waals surface area contributed by atoms with E-state index < -0.39 is 0 Å². The Kier molecular flexibility index (Phi) is 9.60. The highest BCUT2D eigenvalue weighted by atomic mass is 35.5. The Hall–Kier alpha value is -1.10. The van der Waals surface area contributed by atoms with Crippen molar-refractivity contribution >= 4 is 18.3 Å². The van der Waals surface area contributed by atoms with Gasteiger partial charge in [0.25, 0.3) is 0 Å². The van der Waals surface area contributed by atoms with Crippen LogP contribution in [0, 0.1) is 5.92 Å². The van der Waals surface area contributed by atoms with E-state index in [0.29, 0.717) is 30.4 Å². The maximum Gasteiger partial charge on any atom is 0.222 e. The standard InChI is InChI=1S/C22H34N2O2.ClH/c23-13-4-16-26-21-11-14-24(15-12-21)22(25)17-18-7-9-20(10-8-18)19-5-2-1-3-6-19;/h1-3,5-6,18,20-21H,4,7-17,23H2;1H. The summed E-state index contributed by atoms with van der Waals surface area (Å²) in [5, 5.41) is 0. The molecule has 0 aromatic heterocycles. The molecule has 2 N–H and O–H groups in total. The van der Waals surface area contributed by atoms with E-state index >= 15 is 0 Å². The van der Waals surface area contributed by atoms with Gasteiger partial charge in [-0.1, -0.05) is 30.3 Å². The summed E-state index contributed by atoms with van der Waals surface area (Å²) in [6.45, 7) is 3.14. The molecular formula is C22H35ClN2O2. The van der Waals surface area contributed by atoms with Crippen LogP contribution in [0.1, 0.15) is 62.8 Å². The smallest absolute Gasteiger partial charge is 0.222 e. The third-order valence-electron chi connectivity index (χ3n) is 6.08. The molecule has 27 heavy (non-hydrogen) atoms. The van der Waals surface area contributed by atoms with Gasteiger partial charge in [-0.15, -0.1) is 12.4 Å². The fourth-order valence-corrected chi connectivity index (χ4v) is 4.41. The summed E-state index contributed by atoms with van der Waals surface area (Å²) in [5.74, 6) is 1.61. The Morgan fingerprint density at radius 1 is 1.04 bits per heavy atom. The van der Waals surface area contributed by atoms with Crippen molar-refractivity contribution < 1.29 is 9.53 Å². The van der Waals surface area contributed by atoms with Gasteiger partial charge in [0.15, 0.2) is 0 Å². The monoisotopic (exact) mass is 394 g/mol. The minimum Gasteiger partial charge on any atom is -0.378 e. The van der Waals surface area contributed by atoms with Gasteiger partial charge in [-0.3, -0.25) is 4.79 Å². The highest BCUT2D eigenvalue weighted by Crippen LogP contribution is 2.37. The van der Waals surface area contributed by atoms with Crippen LogP contribution in [0.4, 0.5) is 0 Å². The Labute approximate surface area is 170 Å². The molecule has 1 aromatic carbocycles. The number of carbonyl (C=O) groups excluding carboxylic acids is 1. The molecule has 152 valence electrons. The molecule has 0 atom stereocenters. The summed E-state index contributed by atoms with van der Waals surface area (Å²) >= 11 is 0. The number of amides is 1. The predicted octanol–water partition coefficient (Wildman–Crippen LogP) is 4.13. The number of nitrogens with zero attached hydrogens (tertiary/aromatic N) is 1. The van der Waals surface area contributed by atoms with Gasteiger partial charge in [0.2, 0.25) is 5.91 Å². The molecule has 1 aliphatic carbocycles. The fraction of sp³-hybridized carbons (Fsp3) is 0.682. The topological polar surface area (TPSA) is 55.6 Å². The summed E-state index contributed by atoms with van der Waals surface area (Å²) in [6.07, 6.45) is 8.72. The summed E-state index contributed by atoms with van der Waals surface area (Å²) in [4.78, 5) is 14.7. The van der Waals surface area contributed by atoms with Crippen molar-refractivity contribution in [1.82, 2.24) is 4.90 Å². The molecule has 1 heterocycles. The van der Waals surface area contributed by atoms with Crippen LogP contribution in [0.2, 0.25) is 0 Å². The number of piperidine rings is 1. The van der Waals surface area contributed by atoms with Gasteiger partial charge in [0.1, 0.15) is 0 Å². The van der Waals surface area contributed by atoms with E-state index in [1.165, 1.54) is 31.2 Å². The molecule has 5 heteroatoms. The van der Waals surface area contributed by atoms with Gasteiger partial charge in [0, 0.05) is 26.1 Å². The van der Waals surface area contributed by atoms with E-state index in [2.05, 4.69) is 35.2 Å². The molecule has 0 spiro atoms. The zero-order chi connectivity index (χ0) is 18.2. The number of hydrogen-bond donors (Lipinski definition) is 1. The van der Waals surface area contributed by atoms with Crippen molar-refractivity contribution in [3.8, 4) is 0 Å². The van der Waals surface area contributed by atoms with Crippen molar-refractivity contribution in [1.29, 1.82) is 0 Å². The van der Waals surface area contributed by atoms with Gasteiger partial charge < -0.3 is 15.4 Å². The Bertz CT molecular complexity index is 539. The molecule has 0 bridgehead atoms. The number of hydrogen-bond acceptors (Lipinski definition) is 3. The van der Waals surface area contributed by atoms with Crippen LogP contribution in [0.3, 0.4) is 0 Å². The number of likely N-dealkylation sites (tertiary alicyclic amines) is 1. The molecule has 4 nitrogen and oxygen atoms in total. The molecule has 0 radical (unpaired) electrons.